The lowest BCUT2D eigenvalue weighted by atomic mass is 9.98. The number of ether oxygens (including phenoxy) is 2. The molecule has 0 radical (unpaired) electrons. The van der Waals surface area contributed by atoms with Gasteiger partial charge in [0.05, 0.1) is 19.3 Å². The second kappa shape index (κ2) is 12.3. The Morgan fingerprint density at radius 1 is 1.00 bits per heavy atom. The predicted molar refractivity (Wildman–Crippen MR) is 95.2 cm³/mol. The average molecular weight is 414 g/mol. The Balaban J connectivity index is 2.76. The Morgan fingerprint density at radius 2 is 1.64 bits per heavy atom. The molecule has 6 unspecified atom stereocenters. The molecule has 1 saturated heterocycles. The molecule has 0 aromatic heterocycles. The van der Waals surface area contributed by atoms with Crippen LogP contribution < -0.4 is 5.32 Å². The van der Waals surface area contributed by atoms with Crippen molar-refractivity contribution in [2.24, 2.45) is 0 Å². The summed E-state index contributed by atoms with van der Waals surface area (Å²) in [6, 6.07) is 0. The van der Waals surface area contributed by atoms with Crippen LogP contribution in [-0.2, 0) is 9.47 Å². The Morgan fingerprint density at radius 3 is 2.18 bits per heavy atom. The van der Waals surface area contributed by atoms with Crippen molar-refractivity contribution in [3.63, 3.8) is 0 Å². The summed E-state index contributed by atoms with van der Waals surface area (Å²) in [4.78, 5) is 1.91. The molecule has 9 N–H and O–H groups in total. The van der Waals surface area contributed by atoms with Crippen molar-refractivity contribution in [1.29, 1.82) is 0 Å². The molecule has 28 heavy (non-hydrogen) atoms. The second-order valence-corrected chi connectivity index (χ2v) is 7.11. The number of rotatable bonds is 12. The van der Waals surface area contributed by atoms with Gasteiger partial charge in [-0.3, -0.25) is 0 Å². The fourth-order valence-corrected chi connectivity index (χ4v) is 2.73. The first-order valence-electron chi connectivity index (χ1n) is 9.10. The van der Waals surface area contributed by atoms with Crippen molar-refractivity contribution in [3.8, 4) is 0 Å². The molecular weight excluding hydrogens is 380 g/mol. The molecule has 0 aromatic rings. The first kappa shape index (κ1) is 25.6. The molecule has 12 heteroatoms. The van der Waals surface area contributed by atoms with Crippen LogP contribution in [0, 0.1) is 0 Å². The molecule has 0 amide bonds. The van der Waals surface area contributed by atoms with Gasteiger partial charge in [-0.1, -0.05) is 0 Å². The van der Waals surface area contributed by atoms with E-state index >= 15 is 0 Å². The van der Waals surface area contributed by atoms with Crippen LogP contribution >= 0.6 is 0 Å². The van der Waals surface area contributed by atoms with Crippen LogP contribution in [0.25, 0.3) is 0 Å². The Labute approximate surface area is 163 Å². The molecule has 0 saturated carbocycles. The number of aliphatic hydroxyl groups excluding tert-OH is 8. The van der Waals surface area contributed by atoms with Crippen molar-refractivity contribution < 1.29 is 50.3 Å². The highest BCUT2D eigenvalue weighted by atomic mass is 16.7. The molecule has 168 valence electrons. The highest BCUT2D eigenvalue weighted by Gasteiger charge is 2.46. The number of hydrogen-bond donors (Lipinski definition) is 9. The monoisotopic (exact) mass is 414 g/mol. The first-order chi connectivity index (χ1) is 13.1. The molecule has 0 spiro atoms. The molecule has 0 bridgehead atoms. The Bertz CT molecular complexity index is 430. The maximum Gasteiger partial charge on any atom is 0.187 e. The molecular formula is C16H34N2O10. The van der Waals surface area contributed by atoms with Gasteiger partial charge in [0, 0.05) is 19.6 Å². The molecule has 1 aliphatic heterocycles. The minimum absolute atomic E-state index is 0.0400. The third-order valence-electron chi connectivity index (χ3n) is 4.53. The minimum Gasteiger partial charge on any atom is -0.394 e. The summed E-state index contributed by atoms with van der Waals surface area (Å²) in [6.07, 6.45) is -14.2. The molecule has 1 fully saturated rings. The summed E-state index contributed by atoms with van der Waals surface area (Å²) in [5, 5.41) is 81.4. The highest BCUT2D eigenvalue weighted by molar-refractivity contribution is 4.91. The maximum absolute atomic E-state index is 10.4. The second-order valence-electron chi connectivity index (χ2n) is 7.11. The summed E-state index contributed by atoms with van der Waals surface area (Å²) in [7, 11) is 3.74. The molecule has 12 nitrogen and oxygen atoms in total. The van der Waals surface area contributed by atoms with Crippen LogP contribution in [0.4, 0.5) is 0 Å². The zero-order valence-corrected chi connectivity index (χ0v) is 16.1. The SMILES string of the molecule is CN(C)CCNCC(O)C(O)C(O[C@@H]1OC(CO)[C@H](O)[C@@H](O)C1O)C(O)CO. The lowest BCUT2D eigenvalue weighted by molar-refractivity contribution is -0.327. The molecule has 1 aliphatic rings. The summed E-state index contributed by atoms with van der Waals surface area (Å²) < 4.78 is 10.5. The van der Waals surface area contributed by atoms with Crippen LogP contribution in [-0.4, -0.2) is 148 Å². The number of hydrogen-bond acceptors (Lipinski definition) is 12. The smallest absolute Gasteiger partial charge is 0.187 e. The van der Waals surface area contributed by atoms with Crippen molar-refractivity contribution in [2.45, 2.75) is 55.1 Å². The van der Waals surface area contributed by atoms with Gasteiger partial charge in [0.15, 0.2) is 6.29 Å². The zero-order valence-electron chi connectivity index (χ0n) is 16.1. The van der Waals surface area contributed by atoms with E-state index < -0.39 is 68.3 Å². The number of likely N-dealkylation sites (N-methyl/N-ethyl adjacent to an activating group) is 1. The van der Waals surface area contributed by atoms with Gasteiger partial charge in [-0.2, -0.15) is 0 Å². The van der Waals surface area contributed by atoms with Gasteiger partial charge >= 0.3 is 0 Å². The molecule has 0 aliphatic carbocycles. The van der Waals surface area contributed by atoms with E-state index in [9.17, 15) is 40.9 Å². The van der Waals surface area contributed by atoms with E-state index in [0.717, 1.165) is 0 Å². The number of aliphatic hydroxyl groups is 8. The standard InChI is InChI=1S/C16H34N2O10/c1-18(2)4-3-17-5-8(21)11(23)15(9(22)6-19)28-16-14(26)13(25)12(24)10(7-20)27-16/h8-17,19-26H,3-7H2,1-2H3/t8?,9?,10?,11?,12-,13+,14?,15?,16-/m0/s1. The van der Waals surface area contributed by atoms with Crippen molar-refractivity contribution >= 4 is 0 Å². The zero-order chi connectivity index (χ0) is 21.4. The van der Waals surface area contributed by atoms with Gasteiger partial charge in [-0.15, -0.1) is 0 Å². The van der Waals surface area contributed by atoms with E-state index in [0.29, 0.717) is 13.1 Å². The van der Waals surface area contributed by atoms with E-state index in [-0.39, 0.29) is 6.54 Å². The summed E-state index contributed by atoms with van der Waals surface area (Å²) in [5.41, 5.74) is 0. The lowest BCUT2D eigenvalue weighted by Gasteiger charge is -2.42. The summed E-state index contributed by atoms with van der Waals surface area (Å²) >= 11 is 0. The highest BCUT2D eigenvalue weighted by Crippen LogP contribution is 2.24. The van der Waals surface area contributed by atoms with E-state index in [1.54, 1.807) is 0 Å². The third kappa shape index (κ3) is 7.09. The molecule has 1 heterocycles. The van der Waals surface area contributed by atoms with Crippen LogP contribution in [0.15, 0.2) is 0 Å². The maximum atomic E-state index is 10.4. The van der Waals surface area contributed by atoms with Gasteiger partial charge < -0.3 is 60.5 Å². The van der Waals surface area contributed by atoms with Crippen LogP contribution in [0.5, 0.6) is 0 Å². The lowest BCUT2D eigenvalue weighted by Crippen LogP contribution is -2.61. The largest absolute Gasteiger partial charge is 0.394 e. The van der Waals surface area contributed by atoms with Gasteiger partial charge in [-0.05, 0) is 14.1 Å². The van der Waals surface area contributed by atoms with E-state index in [1.807, 2.05) is 19.0 Å². The van der Waals surface area contributed by atoms with E-state index in [2.05, 4.69) is 5.32 Å². The molecule has 0 aromatic carbocycles. The molecule has 9 atom stereocenters. The van der Waals surface area contributed by atoms with Gasteiger partial charge in [0.25, 0.3) is 0 Å². The predicted octanol–water partition coefficient (Wildman–Crippen LogP) is -5.60. The number of nitrogens with one attached hydrogen (secondary N) is 1. The third-order valence-corrected chi connectivity index (χ3v) is 4.53. The van der Waals surface area contributed by atoms with Gasteiger partial charge in [0.1, 0.15) is 42.7 Å². The van der Waals surface area contributed by atoms with E-state index in [4.69, 9.17) is 9.47 Å². The average Bonchev–Trinajstić information content (AvgIpc) is 2.67. The topological polar surface area (TPSA) is 196 Å². The van der Waals surface area contributed by atoms with Crippen LogP contribution in [0.1, 0.15) is 0 Å². The van der Waals surface area contributed by atoms with Crippen LogP contribution in [0.2, 0.25) is 0 Å². The van der Waals surface area contributed by atoms with Crippen LogP contribution in [0.3, 0.4) is 0 Å². The summed E-state index contributed by atoms with van der Waals surface area (Å²) in [6.45, 7) is -0.328. The Hall–Kier alpha value is -0.480. The first-order valence-corrected chi connectivity index (χ1v) is 9.10. The van der Waals surface area contributed by atoms with Gasteiger partial charge in [0.2, 0.25) is 0 Å². The van der Waals surface area contributed by atoms with Crippen molar-refractivity contribution in [1.82, 2.24) is 10.2 Å². The minimum atomic E-state index is -1.76. The Kier molecular flexibility index (Phi) is 11.2. The van der Waals surface area contributed by atoms with Crippen molar-refractivity contribution in [2.75, 3.05) is 46.9 Å². The fraction of sp³-hybridized carbons (Fsp3) is 1.00. The number of nitrogens with zero attached hydrogens (tertiary/aromatic N) is 1. The van der Waals surface area contributed by atoms with Crippen molar-refractivity contribution in [3.05, 3.63) is 0 Å². The quantitative estimate of drug-likeness (QED) is 0.138. The fourth-order valence-electron chi connectivity index (χ4n) is 2.73. The van der Waals surface area contributed by atoms with E-state index in [1.165, 1.54) is 0 Å². The van der Waals surface area contributed by atoms with Gasteiger partial charge in [-0.25, -0.2) is 0 Å². The molecule has 1 rings (SSSR count). The summed E-state index contributed by atoms with van der Waals surface area (Å²) in [5.74, 6) is 0. The normalized spacial score (nSPS) is 32.9.